The van der Waals surface area contributed by atoms with Crippen LogP contribution in [-0.4, -0.2) is 12.4 Å². The predicted octanol–water partition coefficient (Wildman–Crippen LogP) is 5.59. The lowest BCUT2D eigenvalue weighted by molar-refractivity contribution is 0.227. The highest BCUT2D eigenvalue weighted by molar-refractivity contribution is 7.80. The normalized spacial score (nSPS) is 12.4. The van der Waals surface area contributed by atoms with Gasteiger partial charge in [0.05, 0.1) is 11.6 Å². The standard InChI is InChI=1S/C18H21ClOS/c1-13(2)16(12-21)11-20-18-9-8-15(10-17(18)19)14-6-4-3-5-7-14/h3-10,13,16,21H,11-12H2,1-2H3. The van der Waals surface area contributed by atoms with Crippen LogP contribution >= 0.6 is 24.2 Å². The van der Waals surface area contributed by atoms with Crippen LogP contribution < -0.4 is 4.74 Å². The Morgan fingerprint density at radius 3 is 2.33 bits per heavy atom. The van der Waals surface area contributed by atoms with Crippen LogP contribution in [0.5, 0.6) is 5.75 Å². The molecule has 2 aromatic rings. The highest BCUT2D eigenvalue weighted by atomic mass is 35.5. The number of ether oxygens (including phenoxy) is 1. The molecule has 0 N–H and O–H groups in total. The summed E-state index contributed by atoms with van der Waals surface area (Å²) in [5.74, 6) is 2.53. The minimum absolute atomic E-state index is 0.429. The van der Waals surface area contributed by atoms with Gasteiger partial charge in [0.15, 0.2) is 0 Å². The quantitative estimate of drug-likeness (QED) is 0.683. The van der Waals surface area contributed by atoms with E-state index in [1.165, 1.54) is 0 Å². The first kappa shape index (κ1) is 16.3. The van der Waals surface area contributed by atoms with Crippen molar-refractivity contribution in [1.82, 2.24) is 0 Å². The summed E-state index contributed by atoms with van der Waals surface area (Å²) < 4.78 is 5.86. The third-order valence-corrected chi connectivity index (χ3v) is 4.43. The van der Waals surface area contributed by atoms with Crippen LogP contribution in [0.2, 0.25) is 5.02 Å². The molecule has 0 aliphatic rings. The number of rotatable bonds is 6. The van der Waals surface area contributed by atoms with Crippen molar-refractivity contribution in [2.45, 2.75) is 13.8 Å². The summed E-state index contributed by atoms with van der Waals surface area (Å²) in [6, 6.07) is 16.1. The van der Waals surface area contributed by atoms with Gasteiger partial charge in [0, 0.05) is 5.92 Å². The maximum absolute atomic E-state index is 6.34. The fourth-order valence-electron chi connectivity index (χ4n) is 2.08. The minimum atomic E-state index is 0.429. The Bertz CT molecular complexity index is 569. The average Bonchev–Trinajstić information content (AvgIpc) is 2.49. The summed E-state index contributed by atoms with van der Waals surface area (Å²) in [5, 5.41) is 0.651. The molecule has 0 amide bonds. The van der Waals surface area contributed by atoms with Crippen molar-refractivity contribution in [2.75, 3.05) is 12.4 Å². The third-order valence-electron chi connectivity index (χ3n) is 3.67. The zero-order valence-corrected chi connectivity index (χ0v) is 14.1. The Kier molecular flexibility index (Phi) is 6.01. The van der Waals surface area contributed by atoms with Crippen molar-refractivity contribution < 1.29 is 4.74 Å². The van der Waals surface area contributed by atoms with E-state index < -0.39 is 0 Å². The molecule has 2 aromatic carbocycles. The van der Waals surface area contributed by atoms with E-state index in [1.807, 2.05) is 36.4 Å². The molecule has 0 radical (unpaired) electrons. The lowest BCUT2D eigenvalue weighted by atomic mass is 9.99. The SMILES string of the molecule is CC(C)C(CS)COc1ccc(-c2ccccc2)cc1Cl. The first-order chi connectivity index (χ1) is 10.1. The monoisotopic (exact) mass is 320 g/mol. The molecule has 21 heavy (non-hydrogen) atoms. The van der Waals surface area contributed by atoms with Crippen LogP contribution in [0.15, 0.2) is 48.5 Å². The van der Waals surface area contributed by atoms with E-state index in [-0.39, 0.29) is 0 Å². The van der Waals surface area contributed by atoms with Gasteiger partial charge in [-0.05, 0) is 34.9 Å². The Hall–Kier alpha value is -1.12. The largest absolute Gasteiger partial charge is 0.492 e. The van der Waals surface area contributed by atoms with E-state index in [4.69, 9.17) is 16.3 Å². The van der Waals surface area contributed by atoms with Crippen molar-refractivity contribution >= 4 is 24.2 Å². The fraction of sp³-hybridized carbons (Fsp3) is 0.333. The van der Waals surface area contributed by atoms with Crippen molar-refractivity contribution in [2.24, 2.45) is 11.8 Å². The molecular weight excluding hydrogens is 300 g/mol. The molecule has 112 valence electrons. The molecule has 0 bridgehead atoms. The molecule has 1 atom stereocenters. The van der Waals surface area contributed by atoms with Crippen molar-refractivity contribution in [3.8, 4) is 16.9 Å². The molecule has 0 saturated heterocycles. The first-order valence-corrected chi connectivity index (χ1v) is 8.21. The van der Waals surface area contributed by atoms with Gasteiger partial charge in [0.2, 0.25) is 0 Å². The van der Waals surface area contributed by atoms with Crippen LogP contribution in [0.1, 0.15) is 13.8 Å². The molecule has 0 aliphatic carbocycles. The smallest absolute Gasteiger partial charge is 0.137 e. The summed E-state index contributed by atoms with van der Waals surface area (Å²) in [4.78, 5) is 0. The molecular formula is C18H21ClOS. The molecule has 0 fully saturated rings. The molecule has 0 aromatic heterocycles. The van der Waals surface area contributed by atoms with E-state index >= 15 is 0 Å². The summed E-state index contributed by atoms with van der Waals surface area (Å²) in [6.07, 6.45) is 0. The van der Waals surface area contributed by atoms with Gasteiger partial charge < -0.3 is 4.74 Å². The van der Waals surface area contributed by atoms with Crippen molar-refractivity contribution in [3.63, 3.8) is 0 Å². The lowest BCUT2D eigenvalue weighted by Crippen LogP contribution is -2.19. The Morgan fingerprint density at radius 1 is 1.05 bits per heavy atom. The second kappa shape index (κ2) is 7.77. The number of hydrogen-bond donors (Lipinski definition) is 1. The number of hydrogen-bond acceptors (Lipinski definition) is 2. The highest BCUT2D eigenvalue weighted by Crippen LogP contribution is 2.31. The minimum Gasteiger partial charge on any atom is -0.492 e. The summed E-state index contributed by atoms with van der Waals surface area (Å²) in [6.45, 7) is 5.01. The van der Waals surface area contributed by atoms with E-state index in [0.29, 0.717) is 23.5 Å². The van der Waals surface area contributed by atoms with Crippen LogP contribution in [-0.2, 0) is 0 Å². The molecule has 0 spiro atoms. The summed E-state index contributed by atoms with van der Waals surface area (Å²) in [5.41, 5.74) is 2.25. The second-order valence-electron chi connectivity index (χ2n) is 5.51. The van der Waals surface area contributed by atoms with Gasteiger partial charge in [-0.15, -0.1) is 0 Å². The van der Waals surface area contributed by atoms with Gasteiger partial charge in [0.1, 0.15) is 5.75 Å². The van der Waals surface area contributed by atoms with Gasteiger partial charge in [-0.1, -0.05) is 61.8 Å². The molecule has 0 aliphatic heterocycles. The van der Waals surface area contributed by atoms with E-state index in [9.17, 15) is 0 Å². The fourth-order valence-corrected chi connectivity index (χ4v) is 2.84. The Balaban J connectivity index is 2.09. The predicted molar refractivity (Wildman–Crippen MR) is 94.6 cm³/mol. The maximum Gasteiger partial charge on any atom is 0.137 e. The topological polar surface area (TPSA) is 9.23 Å². The average molecular weight is 321 g/mol. The van der Waals surface area contributed by atoms with Crippen molar-refractivity contribution in [1.29, 1.82) is 0 Å². The van der Waals surface area contributed by atoms with E-state index in [0.717, 1.165) is 22.6 Å². The number of thiol groups is 1. The number of benzene rings is 2. The second-order valence-corrected chi connectivity index (χ2v) is 6.28. The van der Waals surface area contributed by atoms with Gasteiger partial charge in [0.25, 0.3) is 0 Å². The molecule has 0 saturated carbocycles. The van der Waals surface area contributed by atoms with Gasteiger partial charge in [-0.3, -0.25) is 0 Å². The van der Waals surface area contributed by atoms with E-state index in [1.54, 1.807) is 0 Å². The van der Waals surface area contributed by atoms with Crippen LogP contribution in [0, 0.1) is 11.8 Å². The highest BCUT2D eigenvalue weighted by Gasteiger charge is 2.13. The first-order valence-electron chi connectivity index (χ1n) is 7.20. The van der Waals surface area contributed by atoms with Gasteiger partial charge in [-0.2, -0.15) is 12.6 Å². The molecule has 3 heteroatoms. The van der Waals surface area contributed by atoms with Crippen LogP contribution in [0.25, 0.3) is 11.1 Å². The van der Waals surface area contributed by atoms with Crippen molar-refractivity contribution in [3.05, 3.63) is 53.6 Å². The molecule has 0 heterocycles. The number of halogens is 1. The zero-order valence-electron chi connectivity index (χ0n) is 12.4. The Morgan fingerprint density at radius 2 is 1.76 bits per heavy atom. The molecule has 2 rings (SSSR count). The lowest BCUT2D eigenvalue weighted by Gasteiger charge is -2.19. The zero-order chi connectivity index (χ0) is 15.2. The van der Waals surface area contributed by atoms with Gasteiger partial charge in [-0.25, -0.2) is 0 Å². The van der Waals surface area contributed by atoms with Crippen LogP contribution in [0.3, 0.4) is 0 Å². The summed E-state index contributed by atoms with van der Waals surface area (Å²) >= 11 is 10.7. The Labute approximate surface area is 137 Å². The maximum atomic E-state index is 6.34. The van der Waals surface area contributed by atoms with Crippen LogP contribution in [0.4, 0.5) is 0 Å². The van der Waals surface area contributed by atoms with Gasteiger partial charge >= 0.3 is 0 Å². The molecule has 1 unspecified atom stereocenters. The molecule has 1 nitrogen and oxygen atoms in total. The third kappa shape index (κ3) is 4.42. The summed E-state index contributed by atoms with van der Waals surface area (Å²) in [7, 11) is 0. The van der Waals surface area contributed by atoms with E-state index in [2.05, 4.69) is 38.6 Å².